The van der Waals surface area contributed by atoms with Crippen LogP contribution in [0.5, 0.6) is 0 Å². The van der Waals surface area contributed by atoms with Crippen molar-refractivity contribution in [2.45, 2.75) is 6.92 Å². The normalized spacial score (nSPS) is 11.6. The number of aryl methyl sites for hydroxylation is 1. The predicted molar refractivity (Wildman–Crippen MR) is 233 cm³/mol. The number of para-hydroxylation sites is 3. The molecule has 0 aliphatic rings. The van der Waals surface area contributed by atoms with Crippen LogP contribution in [0.1, 0.15) is 5.56 Å². The highest BCUT2D eigenvalue weighted by molar-refractivity contribution is 6.12. The first-order valence-electron chi connectivity index (χ1n) is 19.2. The maximum Gasteiger partial charge on any atom is 0.166 e. The maximum atomic E-state index is 6.56. The van der Waals surface area contributed by atoms with Gasteiger partial charge in [0.2, 0.25) is 0 Å². The molecule has 57 heavy (non-hydrogen) atoms. The Morgan fingerprint density at radius 3 is 1.75 bits per heavy atom. The second kappa shape index (κ2) is 13.3. The first-order valence-corrected chi connectivity index (χ1v) is 19.2. The highest BCUT2D eigenvalue weighted by Gasteiger charge is 2.22. The van der Waals surface area contributed by atoms with E-state index in [0.717, 1.165) is 66.5 Å². The molecule has 0 aliphatic heterocycles. The summed E-state index contributed by atoms with van der Waals surface area (Å²) in [5, 5.41) is 4.53. The predicted octanol–water partition coefficient (Wildman–Crippen LogP) is 13.5. The molecule has 8 aromatic carbocycles. The molecule has 5 nitrogen and oxygen atoms in total. The minimum absolute atomic E-state index is 0.582. The Labute approximate surface area is 329 Å². The van der Waals surface area contributed by atoms with Crippen LogP contribution in [0.25, 0.3) is 106 Å². The average Bonchev–Trinajstić information content (AvgIpc) is 3.82. The van der Waals surface area contributed by atoms with E-state index in [1.54, 1.807) is 0 Å². The summed E-state index contributed by atoms with van der Waals surface area (Å²) in [6, 6.07) is 65.6. The Hall–Kier alpha value is -7.63. The van der Waals surface area contributed by atoms with Crippen LogP contribution in [0.2, 0.25) is 0 Å². The molecule has 0 bridgehead atoms. The van der Waals surface area contributed by atoms with Crippen LogP contribution in [0.3, 0.4) is 0 Å². The number of aromatic nitrogens is 4. The zero-order valence-corrected chi connectivity index (χ0v) is 31.1. The lowest BCUT2D eigenvalue weighted by molar-refractivity contribution is 0.670. The summed E-state index contributed by atoms with van der Waals surface area (Å²) in [6.45, 7) is 2.14. The minimum atomic E-state index is 0.582. The summed E-state index contributed by atoms with van der Waals surface area (Å²) >= 11 is 0. The third-order valence-corrected chi connectivity index (χ3v) is 10.9. The van der Waals surface area contributed by atoms with Gasteiger partial charge in [-0.25, -0.2) is 15.0 Å². The molecule has 5 heteroatoms. The van der Waals surface area contributed by atoms with Gasteiger partial charge in [0.05, 0.1) is 16.7 Å². The molecule has 0 saturated carbocycles. The van der Waals surface area contributed by atoms with Crippen LogP contribution in [0, 0.1) is 6.92 Å². The molecule has 0 saturated heterocycles. The van der Waals surface area contributed by atoms with E-state index in [-0.39, 0.29) is 0 Å². The van der Waals surface area contributed by atoms with Crippen LogP contribution < -0.4 is 0 Å². The average molecular weight is 731 g/mol. The van der Waals surface area contributed by atoms with E-state index in [0.29, 0.717) is 17.5 Å². The Bertz CT molecular complexity index is 3250. The van der Waals surface area contributed by atoms with Crippen LogP contribution in [-0.4, -0.2) is 19.5 Å². The molecule has 0 unspecified atom stereocenters. The van der Waals surface area contributed by atoms with Gasteiger partial charge >= 0.3 is 0 Å². The summed E-state index contributed by atoms with van der Waals surface area (Å²) in [5.41, 5.74) is 13.2. The molecule has 0 spiro atoms. The molecule has 0 N–H and O–H groups in total. The molecule has 0 amide bonds. The second-order valence-electron chi connectivity index (χ2n) is 14.5. The van der Waals surface area contributed by atoms with Gasteiger partial charge in [-0.1, -0.05) is 157 Å². The standard InChI is InChI=1S/C52H34N4O/c1-33-14-12-19-36(30-33)37-26-28-46-43(31-37)40-20-8-10-24-45(40)56(46)47-29-27-38(39-22-13-23-42-41-21-9-11-25-48(41)57-49(39)42)32-44(47)52-54-50(34-15-4-2-5-16-34)53-51(55-52)35-17-6-3-7-18-35/h2-32H,1H3. The monoisotopic (exact) mass is 730 g/mol. The molecular weight excluding hydrogens is 697 g/mol. The topological polar surface area (TPSA) is 56.7 Å². The molecule has 3 aromatic heterocycles. The summed E-state index contributed by atoms with van der Waals surface area (Å²) in [6.07, 6.45) is 0. The zero-order valence-electron chi connectivity index (χ0n) is 31.1. The SMILES string of the molecule is Cc1cccc(-c2ccc3c(c2)c2ccccc2n3-c2ccc(-c3cccc4c3oc3ccccc34)cc2-c2nc(-c3ccccc3)nc(-c3ccccc3)n2)c1. The summed E-state index contributed by atoms with van der Waals surface area (Å²) in [7, 11) is 0. The van der Waals surface area contributed by atoms with Crippen molar-refractivity contribution in [2.75, 3.05) is 0 Å². The van der Waals surface area contributed by atoms with Gasteiger partial charge in [-0.05, 0) is 60.0 Å². The highest BCUT2D eigenvalue weighted by Crippen LogP contribution is 2.41. The lowest BCUT2D eigenvalue weighted by atomic mass is 9.98. The number of hydrogen-bond donors (Lipinski definition) is 0. The van der Waals surface area contributed by atoms with Crippen molar-refractivity contribution >= 4 is 43.7 Å². The van der Waals surface area contributed by atoms with Gasteiger partial charge in [0, 0.05) is 43.8 Å². The summed E-state index contributed by atoms with van der Waals surface area (Å²) in [5.74, 6) is 1.80. The molecule has 3 heterocycles. The Kier molecular flexibility index (Phi) is 7.64. The van der Waals surface area contributed by atoms with Crippen molar-refractivity contribution in [1.82, 2.24) is 19.5 Å². The van der Waals surface area contributed by atoms with E-state index in [2.05, 4.69) is 127 Å². The summed E-state index contributed by atoms with van der Waals surface area (Å²) in [4.78, 5) is 15.6. The molecule has 0 aliphatic carbocycles. The molecule has 11 rings (SSSR count). The van der Waals surface area contributed by atoms with Crippen LogP contribution in [0.4, 0.5) is 0 Å². The number of nitrogens with zero attached hydrogens (tertiary/aromatic N) is 4. The van der Waals surface area contributed by atoms with Gasteiger partial charge in [0.15, 0.2) is 17.5 Å². The van der Waals surface area contributed by atoms with E-state index in [9.17, 15) is 0 Å². The van der Waals surface area contributed by atoms with Crippen molar-refractivity contribution in [3.63, 3.8) is 0 Å². The van der Waals surface area contributed by atoms with Crippen LogP contribution >= 0.6 is 0 Å². The van der Waals surface area contributed by atoms with Gasteiger partial charge in [-0.15, -0.1) is 0 Å². The van der Waals surface area contributed by atoms with Gasteiger partial charge in [0.25, 0.3) is 0 Å². The van der Waals surface area contributed by atoms with E-state index in [1.165, 1.54) is 27.5 Å². The lowest BCUT2D eigenvalue weighted by Crippen LogP contribution is -2.04. The van der Waals surface area contributed by atoms with E-state index in [1.807, 2.05) is 72.8 Å². The van der Waals surface area contributed by atoms with Gasteiger partial charge in [-0.2, -0.15) is 0 Å². The number of benzene rings is 8. The largest absolute Gasteiger partial charge is 0.455 e. The van der Waals surface area contributed by atoms with Gasteiger partial charge < -0.3 is 8.98 Å². The third kappa shape index (κ3) is 5.59. The molecule has 0 atom stereocenters. The first-order chi connectivity index (χ1) is 28.2. The van der Waals surface area contributed by atoms with Crippen molar-refractivity contribution in [3.8, 4) is 62.1 Å². The van der Waals surface area contributed by atoms with E-state index < -0.39 is 0 Å². The van der Waals surface area contributed by atoms with Crippen molar-refractivity contribution < 1.29 is 4.42 Å². The van der Waals surface area contributed by atoms with E-state index in [4.69, 9.17) is 19.4 Å². The Morgan fingerprint density at radius 1 is 0.386 bits per heavy atom. The van der Waals surface area contributed by atoms with Crippen molar-refractivity contribution in [2.24, 2.45) is 0 Å². The lowest BCUT2D eigenvalue weighted by Gasteiger charge is -2.16. The first kappa shape index (κ1) is 32.8. The van der Waals surface area contributed by atoms with Crippen LogP contribution in [0.15, 0.2) is 192 Å². The Morgan fingerprint density at radius 2 is 0.982 bits per heavy atom. The highest BCUT2D eigenvalue weighted by atomic mass is 16.3. The summed E-state index contributed by atoms with van der Waals surface area (Å²) < 4.78 is 8.92. The molecule has 0 fully saturated rings. The molecule has 268 valence electrons. The quantitative estimate of drug-likeness (QED) is 0.171. The van der Waals surface area contributed by atoms with Gasteiger partial charge in [-0.3, -0.25) is 0 Å². The second-order valence-corrected chi connectivity index (χ2v) is 14.5. The molecule has 0 radical (unpaired) electrons. The fraction of sp³-hybridized carbons (Fsp3) is 0.0192. The molecule has 11 aromatic rings. The van der Waals surface area contributed by atoms with Crippen molar-refractivity contribution in [1.29, 1.82) is 0 Å². The fourth-order valence-electron chi connectivity index (χ4n) is 8.22. The smallest absolute Gasteiger partial charge is 0.166 e. The van der Waals surface area contributed by atoms with Crippen molar-refractivity contribution in [3.05, 3.63) is 194 Å². The fourth-order valence-corrected chi connectivity index (χ4v) is 8.22. The van der Waals surface area contributed by atoms with Crippen LogP contribution in [-0.2, 0) is 0 Å². The van der Waals surface area contributed by atoms with E-state index >= 15 is 0 Å². The minimum Gasteiger partial charge on any atom is -0.455 e. The zero-order chi connectivity index (χ0) is 37.9. The number of fused-ring (bicyclic) bond motifs is 6. The number of rotatable bonds is 6. The maximum absolute atomic E-state index is 6.56. The Balaban J connectivity index is 1.21. The molecular formula is C52H34N4O. The third-order valence-electron chi connectivity index (χ3n) is 10.9. The number of hydrogen-bond acceptors (Lipinski definition) is 4. The number of furan rings is 1. The van der Waals surface area contributed by atoms with Gasteiger partial charge in [0.1, 0.15) is 11.2 Å².